The van der Waals surface area contributed by atoms with Gasteiger partial charge in [-0.05, 0) is 34.2 Å². The number of benzene rings is 2. The van der Waals surface area contributed by atoms with Gasteiger partial charge in [0.15, 0.2) is 9.84 Å². The Kier molecular flexibility index (Phi) is 4.71. The van der Waals surface area contributed by atoms with Gasteiger partial charge in [0.05, 0.1) is 11.5 Å². The molecule has 0 fully saturated rings. The Bertz CT molecular complexity index is 741. The van der Waals surface area contributed by atoms with Crippen LogP contribution in [0.1, 0.15) is 37.5 Å². The summed E-state index contributed by atoms with van der Waals surface area (Å²) < 4.78 is 37.6. The number of rotatable bonds is 4. The summed E-state index contributed by atoms with van der Waals surface area (Å²) in [5.41, 5.74) is 2.44. The first-order chi connectivity index (χ1) is 10.2. The first kappa shape index (κ1) is 16.7. The van der Waals surface area contributed by atoms with Crippen molar-refractivity contribution in [3.05, 3.63) is 71.0 Å². The molecule has 0 amide bonds. The lowest BCUT2D eigenvalue weighted by Gasteiger charge is -2.19. The minimum Gasteiger partial charge on any atom is -0.228 e. The summed E-state index contributed by atoms with van der Waals surface area (Å²) >= 11 is 0. The monoisotopic (exact) mass is 320 g/mol. The molecule has 0 N–H and O–H groups in total. The van der Waals surface area contributed by atoms with Crippen LogP contribution >= 0.6 is 0 Å². The lowest BCUT2D eigenvalue weighted by Crippen LogP contribution is -2.11. The summed E-state index contributed by atoms with van der Waals surface area (Å²) in [4.78, 5) is 0. The van der Waals surface area contributed by atoms with Gasteiger partial charge in [-0.25, -0.2) is 12.8 Å². The molecule has 0 spiro atoms. The van der Waals surface area contributed by atoms with Crippen molar-refractivity contribution in [2.75, 3.05) is 0 Å². The fourth-order valence-corrected chi connectivity index (χ4v) is 3.78. The van der Waals surface area contributed by atoms with Crippen molar-refractivity contribution in [1.29, 1.82) is 0 Å². The molecule has 0 saturated carbocycles. The third-order valence-corrected chi connectivity index (χ3v) is 5.03. The van der Waals surface area contributed by atoms with E-state index in [2.05, 4.69) is 20.8 Å². The summed E-state index contributed by atoms with van der Waals surface area (Å²) in [6.45, 7) is 6.34. The molecule has 0 aliphatic heterocycles. The van der Waals surface area contributed by atoms with E-state index in [4.69, 9.17) is 0 Å². The van der Waals surface area contributed by atoms with Crippen molar-refractivity contribution in [3.8, 4) is 0 Å². The van der Waals surface area contributed by atoms with E-state index in [1.54, 1.807) is 6.07 Å². The number of sulfone groups is 1. The maximum atomic E-state index is 13.1. The van der Waals surface area contributed by atoms with Gasteiger partial charge in [0.1, 0.15) is 5.82 Å². The van der Waals surface area contributed by atoms with Gasteiger partial charge in [-0.1, -0.05) is 57.2 Å². The van der Waals surface area contributed by atoms with Gasteiger partial charge in [-0.2, -0.15) is 0 Å². The van der Waals surface area contributed by atoms with Crippen LogP contribution in [0, 0.1) is 5.82 Å². The van der Waals surface area contributed by atoms with Crippen molar-refractivity contribution < 1.29 is 12.8 Å². The second kappa shape index (κ2) is 6.21. The molecule has 2 rings (SSSR count). The molecule has 0 unspecified atom stereocenters. The van der Waals surface area contributed by atoms with Crippen LogP contribution in [0.15, 0.2) is 48.5 Å². The second-order valence-electron chi connectivity index (χ2n) is 6.61. The first-order valence-corrected chi connectivity index (χ1v) is 9.02. The van der Waals surface area contributed by atoms with Gasteiger partial charge < -0.3 is 0 Å². The minimum atomic E-state index is -3.32. The molecule has 0 saturated heterocycles. The fraction of sp³-hybridized carbons (Fsp3) is 0.333. The molecule has 2 aromatic rings. The zero-order valence-electron chi connectivity index (χ0n) is 13.1. The Morgan fingerprint density at radius 2 is 1.50 bits per heavy atom. The van der Waals surface area contributed by atoms with Crippen molar-refractivity contribution in [1.82, 2.24) is 0 Å². The maximum Gasteiger partial charge on any atom is 0.158 e. The van der Waals surface area contributed by atoms with Crippen molar-refractivity contribution in [2.45, 2.75) is 37.7 Å². The van der Waals surface area contributed by atoms with Crippen LogP contribution in [0.4, 0.5) is 4.39 Å². The average Bonchev–Trinajstić information content (AvgIpc) is 2.37. The molecule has 4 heteroatoms. The first-order valence-electron chi connectivity index (χ1n) is 7.20. The van der Waals surface area contributed by atoms with Crippen LogP contribution in [0.5, 0.6) is 0 Å². The highest BCUT2D eigenvalue weighted by molar-refractivity contribution is 7.89. The van der Waals surface area contributed by atoms with E-state index in [1.807, 2.05) is 24.3 Å². The van der Waals surface area contributed by atoms with E-state index in [1.165, 1.54) is 23.8 Å². The van der Waals surface area contributed by atoms with Crippen LogP contribution in [-0.4, -0.2) is 8.42 Å². The minimum absolute atomic E-state index is 0.0338. The normalized spacial score (nSPS) is 12.4. The summed E-state index contributed by atoms with van der Waals surface area (Å²) in [6.07, 6.45) is 0. The molecule has 2 aromatic carbocycles. The molecule has 0 radical (unpaired) electrons. The van der Waals surface area contributed by atoms with E-state index in [-0.39, 0.29) is 16.9 Å². The van der Waals surface area contributed by atoms with E-state index in [0.717, 1.165) is 5.56 Å². The molecule has 22 heavy (non-hydrogen) atoms. The fourth-order valence-electron chi connectivity index (χ4n) is 2.29. The molecular weight excluding hydrogens is 299 g/mol. The van der Waals surface area contributed by atoms with Gasteiger partial charge in [0.2, 0.25) is 0 Å². The standard InChI is InChI=1S/C18H21FO2S/c1-18(2,3)16-9-7-14(8-10-16)12-22(20,21)13-15-5-4-6-17(19)11-15/h4-11H,12-13H2,1-3H3. The highest BCUT2D eigenvalue weighted by Gasteiger charge is 2.16. The van der Waals surface area contributed by atoms with E-state index in [0.29, 0.717) is 5.56 Å². The molecule has 0 heterocycles. The van der Waals surface area contributed by atoms with Crippen LogP contribution in [0.2, 0.25) is 0 Å². The molecule has 118 valence electrons. The third kappa shape index (κ3) is 4.67. The summed E-state index contributed by atoms with van der Waals surface area (Å²) in [5, 5.41) is 0. The molecule has 0 aromatic heterocycles. The zero-order chi connectivity index (χ0) is 16.4. The summed E-state index contributed by atoms with van der Waals surface area (Å²) in [5.74, 6) is -0.595. The largest absolute Gasteiger partial charge is 0.228 e. The van der Waals surface area contributed by atoms with Gasteiger partial charge in [0, 0.05) is 0 Å². The number of halogens is 1. The second-order valence-corrected chi connectivity index (χ2v) is 8.67. The Morgan fingerprint density at radius 1 is 0.909 bits per heavy atom. The van der Waals surface area contributed by atoms with E-state index >= 15 is 0 Å². The summed E-state index contributed by atoms with van der Waals surface area (Å²) in [6, 6.07) is 13.4. The van der Waals surface area contributed by atoms with Gasteiger partial charge in [-0.15, -0.1) is 0 Å². The Hall–Kier alpha value is -1.68. The topological polar surface area (TPSA) is 34.1 Å². The molecule has 0 aliphatic carbocycles. The Morgan fingerprint density at radius 3 is 2.05 bits per heavy atom. The molecule has 2 nitrogen and oxygen atoms in total. The molecule has 0 aliphatic rings. The number of hydrogen-bond donors (Lipinski definition) is 0. The Balaban J connectivity index is 2.12. The highest BCUT2D eigenvalue weighted by atomic mass is 32.2. The predicted octanol–water partition coefficient (Wildman–Crippen LogP) is 4.24. The van der Waals surface area contributed by atoms with E-state index < -0.39 is 15.7 Å². The maximum absolute atomic E-state index is 13.1. The third-order valence-electron chi connectivity index (χ3n) is 3.48. The predicted molar refractivity (Wildman–Crippen MR) is 87.9 cm³/mol. The van der Waals surface area contributed by atoms with Crippen molar-refractivity contribution >= 4 is 9.84 Å². The van der Waals surface area contributed by atoms with Crippen LogP contribution in [0.25, 0.3) is 0 Å². The van der Waals surface area contributed by atoms with Gasteiger partial charge >= 0.3 is 0 Å². The molecular formula is C18H21FO2S. The van der Waals surface area contributed by atoms with Gasteiger partial charge in [0.25, 0.3) is 0 Å². The van der Waals surface area contributed by atoms with E-state index in [9.17, 15) is 12.8 Å². The van der Waals surface area contributed by atoms with Gasteiger partial charge in [-0.3, -0.25) is 0 Å². The smallest absolute Gasteiger partial charge is 0.158 e. The molecule has 0 atom stereocenters. The van der Waals surface area contributed by atoms with Crippen LogP contribution in [-0.2, 0) is 26.8 Å². The zero-order valence-corrected chi connectivity index (χ0v) is 14.0. The van der Waals surface area contributed by atoms with Crippen molar-refractivity contribution in [2.24, 2.45) is 0 Å². The van der Waals surface area contributed by atoms with Crippen LogP contribution < -0.4 is 0 Å². The number of hydrogen-bond acceptors (Lipinski definition) is 2. The Labute approximate surface area is 131 Å². The SMILES string of the molecule is CC(C)(C)c1ccc(CS(=O)(=O)Cc2cccc(F)c2)cc1. The lowest BCUT2D eigenvalue weighted by atomic mass is 9.87. The van der Waals surface area contributed by atoms with Crippen LogP contribution in [0.3, 0.4) is 0 Å². The quantitative estimate of drug-likeness (QED) is 0.844. The summed E-state index contributed by atoms with van der Waals surface area (Å²) in [7, 11) is -3.32. The molecule has 0 bridgehead atoms. The average molecular weight is 320 g/mol. The lowest BCUT2D eigenvalue weighted by molar-refractivity contribution is 0.589. The van der Waals surface area contributed by atoms with Crippen molar-refractivity contribution in [3.63, 3.8) is 0 Å². The highest BCUT2D eigenvalue weighted by Crippen LogP contribution is 2.23.